The van der Waals surface area contributed by atoms with Gasteiger partial charge in [-0.05, 0) is 42.9 Å². The Balaban J connectivity index is 1.66. The van der Waals surface area contributed by atoms with Gasteiger partial charge in [0.15, 0.2) is 0 Å². The lowest BCUT2D eigenvalue weighted by Gasteiger charge is -2.41. The highest BCUT2D eigenvalue weighted by atomic mass is 16.5. The van der Waals surface area contributed by atoms with Gasteiger partial charge in [-0.15, -0.1) is 0 Å². The topological polar surface area (TPSA) is 45.2 Å². The Morgan fingerprint density at radius 2 is 1.79 bits per heavy atom. The zero-order valence-corrected chi connectivity index (χ0v) is 14.9. The lowest BCUT2D eigenvalue weighted by Crippen LogP contribution is -2.53. The summed E-state index contributed by atoms with van der Waals surface area (Å²) < 4.78 is 10.8. The monoisotopic (exact) mass is 334 g/mol. The molecule has 1 aliphatic heterocycles. The molecular weight excluding hydrogens is 304 g/mol. The van der Waals surface area contributed by atoms with Crippen LogP contribution in [-0.4, -0.2) is 68.0 Å². The van der Waals surface area contributed by atoms with Crippen LogP contribution in [0.1, 0.15) is 24.8 Å². The van der Waals surface area contributed by atoms with E-state index in [-0.39, 0.29) is 6.61 Å². The standard InChI is InChI=1S/C19H30N2O3/c1-23-18-9-16(10-19(11-18)24-2)13-21-7-6-20(12-15-3-4-15)14-17(21)5-8-22/h9-11,15,17,22H,3-8,12-14H2,1-2H3/t17-/m1/s1. The maximum absolute atomic E-state index is 9.46. The molecule has 0 amide bonds. The maximum atomic E-state index is 9.46. The van der Waals surface area contributed by atoms with Gasteiger partial charge >= 0.3 is 0 Å². The molecule has 0 aromatic heterocycles. The molecule has 1 saturated carbocycles. The van der Waals surface area contributed by atoms with E-state index in [1.165, 1.54) is 24.9 Å². The molecule has 2 aliphatic rings. The highest BCUT2D eigenvalue weighted by molar-refractivity contribution is 5.38. The van der Waals surface area contributed by atoms with Crippen molar-refractivity contribution >= 4 is 0 Å². The molecule has 1 aromatic carbocycles. The van der Waals surface area contributed by atoms with Crippen LogP contribution in [0.3, 0.4) is 0 Å². The number of hydrogen-bond donors (Lipinski definition) is 1. The number of nitrogens with zero attached hydrogens (tertiary/aromatic N) is 2. The zero-order chi connectivity index (χ0) is 16.9. The van der Waals surface area contributed by atoms with E-state index < -0.39 is 0 Å². The van der Waals surface area contributed by atoms with Crippen LogP contribution in [-0.2, 0) is 6.54 Å². The van der Waals surface area contributed by atoms with E-state index >= 15 is 0 Å². The number of aliphatic hydroxyl groups is 1. The summed E-state index contributed by atoms with van der Waals surface area (Å²) in [7, 11) is 3.37. The minimum Gasteiger partial charge on any atom is -0.497 e. The van der Waals surface area contributed by atoms with Crippen LogP contribution >= 0.6 is 0 Å². The highest BCUT2D eigenvalue weighted by Gasteiger charge is 2.30. The summed E-state index contributed by atoms with van der Waals surface area (Å²) in [6.45, 7) is 5.60. The first-order chi connectivity index (χ1) is 11.7. The largest absolute Gasteiger partial charge is 0.497 e. The fourth-order valence-electron chi connectivity index (χ4n) is 3.61. The number of ether oxygens (including phenoxy) is 2. The molecular formula is C19H30N2O3. The molecule has 1 saturated heterocycles. The van der Waals surface area contributed by atoms with Crippen molar-refractivity contribution in [3.8, 4) is 11.5 Å². The van der Waals surface area contributed by atoms with Crippen LogP contribution in [0.4, 0.5) is 0 Å². The number of rotatable bonds is 8. The molecule has 1 heterocycles. The average molecular weight is 334 g/mol. The molecule has 5 heteroatoms. The van der Waals surface area contributed by atoms with Gasteiger partial charge in [0, 0.05) is 51.4 Å². The van der Waals surface area contributed by atoms with E-state index in [2.05, 4.69) is 21.9 Å². The summed E-state index contributed by atoms with van der Waals surface area (Å²) in [5.41, 5.74) is 1.20. The van der Waals surface area contributed by atoms with Crippen molar-refractivity contribution in [2.75, 3.05) is 47.0 Å². The molecule has 3 rings (SSSR count). The first-order valence-electron chi connectivity index (χ1n) is 9.01. The fourth-order valence-corrected chi connectivity index (χ4v) is 3.61. The molecule has 134 valence electrons. The molecule has 1 atom stereocenters. The van der Waals surface area contributed by atoms with Crippen LogP contribution in [0.25, 0.3) is 0 Å². The molecule has 1 aliphatic carbocycles. The van der Waals surface area contributed by atoms with Crippen LogP contribution in [0.5, 0.6) is 11.5 Å². The molecule has 1 aromatic rings. The molecule has 0 bridgehead atoms. The van der Waals surface area contributed by atoms with Gasteiger partial charge in [0.05, 0.1) is 14.2 Å². The summed E-state index contributed by atoms with van der Waals surface area (Å²) >= 11 is 0. The SMILES string of the molecule is COc1cc(CN2CCN(CC3CC3)C[C@H]2CCO)cc(OC)c1. The summed E-state index contributed by atoms with van der Waals surface area (Å²) in [6.07, 6.45) is 3.63. The molecule has 2 fully saturated rings. The summed E-state index contributed by atoms with van der Waals surface area (Å²) in [4.78, 5) is 5.08. The summed E-state index contributed by atoms with van der Waals surface area (Å²) in [6, 6.07) is 6.48. The van der Waals surface area contributed by atoms with Crippen LogP contribution < -0.4 is 9.47 Å². The van der Waals surface area contributed by atoms with E-state index in [4.69, 9.17) is 9.47 Å². The van der Waals surface area contributed by atoms with Crippen molar-refractivity contribution in [3.63, 3.8) is 0 Å². The smallest absolute Gasteiger partial charge is 0.122 e. The van der Waals surface area contributed by atoms with Crippen molar-refractivity contribution in [2.24, 2.45) is 5.92 Å². The second-order valence-corrected chi connectivity index (χ2v) is 7.06. The van der Waals surface area contributed by atoms with Gasteiger partial charge in [0.2, 0.25) is 0 Å². The molecule has 1 N–H and O–H groups in total. The third-order valence-electron chi connectivity index (χ3n) is 5.16. The Kier molecular flexibility index (Phi) is 5.98. The lowest BCUT2D eigenvalue weighted by atomic mass is 10.1. The number of hydrogen-bond acceptors (Lipinski definition) is 5. The van der Waals surface area contributed by atoms with Crippen molar-refractivity contribution in [1.29, 1.82) is 0 Å². The van der Waals surface area contributed by atoms with Gasteiger partial charge in [-0.25, -0.2) is 0 Å². The van der Waals surface area contributed by atoms with Crippen molar-refractivity contribution in [1.82, 2.24) is 9.80 Å². The van der Waals surface area contributed by atoms with E-state index in [9.17, 15) is 5.11 Å². The van der Waals surface area contributed by atoms with E-state index in [0.29, 0.717) is 6.04 Å². The van der Waals surface area contributed by atoms with Crippen LogP contribution in [0.15, 0.2) is 18.2 Å². The third-order valence-corrected chi connectivity index (χ3v) is 5.16. The predicted molar refractivity (Wildman–Crippen MR) is 94.6 cm³/mol. The Morgan fingerprint density at radius 1 is 1.08 bits per heavy atom. The number of benzene rings is 1. The van der Waals surface area contributed by atoms with Gasteiger partial charge in [-0.3, -0.25) is 4.90 Å². The minimum absolute atomic E-state index is 0.250. The second kappa shape index (κ2) is 8.19. The molecule has 24 heavy (non-hydrogen) atoms. The number of aliphatic hydroxyl groups excluding tert-OH is 1. The summed E-state index contributed by atoms with van der Waals surface area (Å²) in [5.74, 6) is 2.58. The fraction of sp³-hybridized carbons (Fsp3) is 0.684. The number of methoxy groups -OCH3 is 2. The van der Waals surface area contributed by atoms with Gasteiger partial charge < -0.3 is 19.5 Å². The van der Waals surface area contributed by atoms with E-state index in [0.717, 1.165) is 50.0 Å². The third kappa shape index (κ3) is 4.62. The van der Waals surface area contributed by atoms with Crippen molar-refractivity contribution in [2.45, 2.75) is 31.8 Å². The predicted octanol–water partition coefficient (Wildman–Crippen LogP) is 1.98. The first kappa shape index (κ1) is 17.5. The Labute approximate surface area is 145 Å². The molecule has 5 nitrogen and oxygen atoms in total. The molecule has 0 radical (unpaired) electrons. The van der Waals surface area contributed by atoms with Crippen LogP contribution in [0.2, 0.25) is 0 Å². The van der Waals surface area contributed by atoms with E-state index in [1.54, 1.807) is 14.2 Å². The summed E-state index contributed by atoms with van der Waals surface area (Å²) in [5, 5.41) is 9.46. The zero-order valence-electron chi connectivity index (χ0n) is 14.9. The van der Waals surface area contributed by atoms with Gasteiger partial charge in [-0.1, -0.05) is 0 Å². The molecule has 0 spiro atoms. The van der Waals surface area contributed by atoms with Gasteiger partial charge in [0.25, 0.3) is 0 Å². The molecule has 0 unspecified atom stereocenters. The highest BCUT2D eigenvalue weighted by Crippen LogP contribution is 2.31. The normalized spacial score (nSPS) is 22.5. The minimum atomic E-state index is 0.250. The lowest BCUT2D eigenvalue weighted by molar-refractivity contribution is 0.0515. The second-order valence-electron chi connectivity index (χ2n) is 7.06. The van der Waals surface area contributed by atoms with Crippen LogP contribution in [0, 0.1) is 5.92 Å². The Hall–Kier alpha value is -1.30. The average Bonchev–Trinajstić information content (AvgIpc) is 3.41. The van der Waals surface area contributed by atoms with Crippen molar-refractivity contribution in [3.05, 3.63) is 23.8 Å². The maximum Gasteiger partial charge on any atom is 0.122 e. The van der Waals surface area contributed by atoms with Crippen molar-refractivity contribution < 1.29 is 14.6 Å². The number of piperazine rings is 1. The van der Waals surface area contributed by atoms with E-state index in [1.807, 2.05) is 6.07 Å². The Bertz CT molecular complexity index is 511. The quantitative estimate of drug-likeness (QED) is 0.788. The first-order valence-corrected chi connectivity index (χ1v) is 9.01. The Morgan fingerprint density at radius 3 is 2.38 bits per heavy atom. The van der Waals surface area contributed by atoms with Gasteiger partial charge in [-0.2, -0.15) is 0 Å². The van der Waals surface area contributed by atoms with Gasteiger partial charge in [0.1, 0.15) is 11.5 Å².